The number of aryl methyl sites for hydroxylation is 1. The van der Waals surface area contributed by atoms with Crippen molar-refractivity contribution in [2.45, 2.75) is 16.7 Å². The van der Waals surface area contributed by atoms with Crippen LogP contribution >= 0.6 is 11.6 Å². The summed E-state index contributed by atoms with van der Waals surface area (Å²) in [6.07, 6.45) is 1.32. The minimum Gasteiger partial charge on any atom is -0.495 e. The van der Waals surface area contributed by atoms with Gasteiger partial charge in [-0.1, -0.05) is 29.3 Å². The highest BCUT2D eigenvalue weighted by atomic mass is 35.5. The maximum absolute atomic E-state index is 12.9. The molecule has 0 atom stereocenters. The fourth-order valence-electron chi connectivity index (χ4n) is 2.37. The number of hydrogen-bond donors (Lipinski definition) is 0. The Kier molecular flexibility index (Phi) is 4.00. The lowest BCUT2D eigenvalue weighted by molar-refractivity contribution is 0.407. The molecule has 6 heteroatoms. The van der Waals surface area contributed by atoms with E-state index >= 15 is 0 Å². The second-order valence-corrected chi connectivity index (χ2v) is 7.49. The van der Waals surface area contributed by atoms with E-state index in [2.05, 4.69) is 4.98 Å². The molecule has 0 spiro atoms. The van der Waals surface area contributed by atoms with Gasteiger partial charge in [-0.2, -0.15) is 0 Å². The summed E-state index contributed by atoms with van der Waals surface area (Å²) in [4.78, 5) is 4.45. The van der Waals surface area contributed by atoms with Crippen LogP contribution in [-0.2, 0) is 9.84 Å². The third kappa shape index (κ3) is 2.78. The molecular formula is C17H14ClNO3S. The normalized spacial score (nSPS) is 11.6. The summed E-state index contributed by atoms with van der Waals surface area (Å²) in [5, 5.41) is 1.05. The molecule has 1 heterocycles. The maximum atomic E-state index is 12.9. The first-order valence-electron chi connectivity index (χ1n) is 6.87. The van der Waals surface area contributed by atoms with E-state index in [4.69, 9.17) is 16.3 Å². The van der Waals surface area contributed by atoms with Crippen molar-refractivity contribution in [3.63, 3.8) is 0 Å². The van der Waals surface area contributed by atoms with E-state index in [1.807, 2.05) is 6.92 Å². The second kappa shape index (κ2) is 5.83. The number of methoxy groups -OCH3 is 1. The molecule has 1 aromatic heterocycles. The quantitative estimate of drug-likeness (QED) is 0.717. The van der Waals surface area contributed by atoms with E-state index < -0.39 is 9.84 Å². The van der Waals surface area contributed by atoms with Crippen molar-refractivity contribution in [1.29, 1.82) is 0 Å². The highest BCUT2D eigenvalue weighted by Gasteiger charge is 2.24. The number of ether oxygens (including phenoxy) is 1. The zero-order valence-corrected chi connectivity index (χ0v) is 14.1. The highest BCUT2D eigenvalue weighted by Crippen LogP contribution is 2.35. The van der Waals surface area contributed by atoms with Gasteiger partial charge in [0.2, 0.25) is 9.84 Å². The molecule has 0 saturated heterocycles. The summed E-state index contributed by atoms with van der Waals surface area (Å²) >= 11 is 6.02. The Labute approximate surface area is 139 Å². The third-order valence-corrected chi connectivity index (χ3v) is 5.57. The molecule has 0 aliphatic rings. The fourth-order valence-corrected chi connectivity index (χ4v) is 3.92. The van der Waals surface area contributed by atoms with Crippen LogP contribution < -0.4 is 4.74 Å². The van der Waals surface area contributed by atoms with Gasteiger partial charge in [0.25, 0.3) is 0 Å². The predicted octanol–water partition coefficient (Wildman–Crippen LogP) is 4.04. The van der Waals surface area contributed by atoms with Crippen molar-refractivity contribution < 1.29 is 13.2 Å². The lowest BCUT2D eigenvalue weighted by Crippen LogP contribution is -2.05. The van der Waals surface area contributed by atoms with Crippen LogP contribution in [0.3, 0.4) is 0 Å². The van der Waals surface area contributed by atoms with Crippen LogP contribution in [0.1, 0.15) is 5.56 Å². The van der Waals surface area contributed by atoms with Crippen LogP contribution in [0.15, 0.2) is 58.5 Å². The smallest absolute Gasteiger partial charge is 0.211 e. The summed E-state index contributed by atoms with van der Waals surface area (Å²) in [5.41, 5.74) is 1.61. The van der Waals surface area contributed by atoms with Crippen molar-refractivity contribution >= 4 is 32.3 Å². The molecule has 0 saturated carbocycles. The van der Waals surface area contributed by atoms with Crippen molar-refractivity contribution in [3.05, 3.63) is 59.2 Å². The molecule has 0 unspecified atom stereocenters. The molecule has 0 aliphatic carbocycles. The lowest BCUT2D eigenvalue weighted by atomic mass is 10.2. The van der Waals surface area contributed by atoms with E-state index in [1.165, 1.54) is 13.3 Å². The molecule has 2 aromatic carbocycles. The third-order valence-electron chi connectivity index (χ3n) is 3.57. The van der Waals surface area contributed by atoms with Crippen LogP contribution in [-0.4, -0.2) is 20.5 Å². The van der Waals surface area contributed by atoms with Gasteiger partial charge >= 0.3 is 0 Å². The van der Waals surface area contributed by atoms with E-state index in [0.717, 1.165) is 5.56 Å². The van der Waals surface area contributed by atoms with Gasteiger partial charge in [0.15, 0.2) is 0 Å². The first kappa shape index (κ1) is 15.8. The molecule has 0 aliphatic heterocycles. The zero-order chi connectivity index (χ0) is 16.6. The molecule has 118 valence electrons. The van der Waals surface area contributed by atoms with Crippen molar-refractivity contribution in [3.8, 4) is 5.75 Å². The van der Waals surface area contributed by atoms with Gasteiger partial charge in [0.1, 0.15) is 10.6 Å². The molecule has 0 N–H and O–H groups in total. The zero-order valence-electron chi connectivity index (χ0n) is 12.6. The topological polar surface area (TPSA) is 56.3 Å². The first-order chi connectivity index (χ1) is 10.9. The highest BCUT2D eigenvalue weighted by molar-refractivity contribution is 7.91. The summed E-state index contributed by atoms with van der Waals surface area (Å²) in [6, 6.07) is 11.7. The van der Waals surface area contributed by atoms with E-state index in [1.54, 1.807) is 42.5 Å². The Hall–Kier alpha value is -2.11. The summed E-state index contributed by atoms with van der Waals surface area (Å²) in [6.45, 7) is 1.90. The number of fused-ring (bicyclic) bond motifs is 1. The van der Waals surface area contributed by atoms with Crippen molar-refractivity contribution in [1.82, 2.24) is 4.98 Å². The van der Waals surface area contributed by atoms with Crippen molar-refractivity contribution in [2.24, 2.45) is 0 Å². The van der Waals surface area contributed by atoms with Crippen LogP contribution in [0.5, 0.6) is 5.75 Å². The van der Waals surface area contributed by atoms with Crippen LogP contribution in [0.25, 0.3) is 10.9 Å². The average Bonchev–Trinajstić information content (AvgIpc) is 2.54. The minimum absolute atomic E-state index is 0.0265. The number of pyridine rings is 1. The van der Waals surface area contributed by atoms with Crippen LogP contribution in [0, 0.1) is 6.92 Å². The van der Waals surface area contributed by atoms with Gasteiger partial charge in [-0.15, -0.1) is 0 Å². The van der Waals surface area contributed by atoms with Crippen LogP contribution in [0.4, 0.5) is 0 Å². The Morgan fingerprint density at radius 2 is 1.78 bits per heavy atom. The molecule has 23 heavy (non-hydrogen) atoms. The summed E-state index contributed by atoms with van der Waals surface area (Å²) in [5.74, 6) is 0.248. The standard InChI is InChI=1S/C17H14ClNO3S/c1-11-3-6-13(7-4-11)23(20,21)16-10-19-15-8-5-12(18)9-14(15)17(16)22-2/h3-10H,1-2H3. The number of aromatic nitrogens is 1. The second-order valence-electron chi connectivity index (χ2n) is 5.13. The predicted molar refractivity (Wildman–Crippen MR) is 89.9 cm³/mol. The Morgan fingerprint density at radius 3 is 2.43 bits per heavy atom. The van der Waals surface area contributed by atoms with Gasteiger partial charge in [-0.25, -0.2) is 8.42 Å². The van der Waals surface area contributed by atoms with Crippen molar-refractivity contribution in [2.75, 3.05) is 7.11 Å². The Bertz CT molecular complexity index is 983. The number of rotatable bonds is 3. The average molecular weight is 348 g/mol. The molecule has 0 amide bonds. The molecule has 3 aromatic rings. The van der Waals surface area contributed by atoms with E-state index in [-0.39, 0.29) is 15.5 Å². The molecule has 0 bridgehead atoms. The largest absolute Gasteiger partial charge is 0.495 e. The lowest BCUT2D eigenvalue weighted by Gasteiger charge is -2.12. The van der Waals surface area contributed by atoms with Gasteiger partial charge in [0.05, 0.1) is 23.7 Å². The Balaban J connectivity index is 2.28. The number of benzene rings is 2. The fraction of sp³-hybridized carbons (Fsp3) is 0.118. The first-order valence-corrected chi connectivity index (χ1v) is 8.73. The van der Waals surface area contributed by atoms with E-state index in [9.17, 15) is 8.42 Å². The van der Waals surface area contributed by atoms with E-state index in [0.29, 0.717) is 15.9 Å². The SMILES string of the molecule is COc1c(S(=O)(=O)c2ccc(C)cc2)cnc2ccc(Cl)cc12. The number of halogens is 1. The van der Waals surface area contributed by atoms with Gasteiger partial charge in [-0.05, 0) is 37.3 Å². The Morgan fingerprint density at radius 1 is 1.09 bits per heavy atom. The molecule has 3 rings (SSSR count). The van der Waals surface area contributed by atoms with Crippen LogP contribution in [0.2, 0.25) is 5.02 Å². The minimum atomic E-state index is -3.73. The van der Waals surface area contributed by atoms with Gasteiger partial charge in [-0.3, -0.25) is 4.98 Å². The number of hydrogen-bond acceptors (Lipinski definition) is 4. The number of nitrogens with zero attached hydrogens (tertiary/aromatic N) is 1. The molecule has 4 nitrogen and oxygen atoms in total. The summed E-state index contributed by atoms with van der Waals surface area (Å²) < 4.78 is 31.2. The molecule has 0 radical (unpaired) electrons. The number of sulfone groups is 1. The monoisotopic (exact) mass is 347 g/mol. The summed E-state index contributed by atoms with van der Waals surface area (Å²) in [7, 11) is -2.30. The maximum Gasteiger partial charge on any atom is 0.211 e. The molecule has 0 fully saturated rings. The van der Waals surface area contributed by atoms with Gasteiger partial charge in [0, 0.05) is 10.4 Å². The van der Waals surface area contributed by atoms with Gasteiger partial charge < -0.3 is 4.74 Å². The molecular weight excluding hydrogens is 334 g/mol.